The number of hydrogen-bond acceptors (Lipinski definition) is 3. The molecule has 1 amide bonds. The van der Waals surface area contributed by atoms with Gasteiger partial charge in [0.15, 0.2) is 6.61 Å². The molecule has 1 aliphatic carbocycles. The summed E-state index contributed by atoms with van der Waals surface area (Å²) >= 11 is 0. The highest BCUT2D eigenvalue weighted by Crippen LogP contribution is 2.49. The summed E-state index contributed by atoms with van der Waals surface area (Å²) < 4.78 is 5.11. The van der Waals surface area contributed by atoms with Gasteiger partial charge in [0.05, 0.1) is 0 Å². The average molecular weight is 325 g/mol. The van der Waals surface area contributed by atoms with Crippen LogP contribution in [0.4, 0.5) is 5.69 Å². The number of rotatable bonds is 7. The smallest absolute Gasteiger partial charge is 0.341 e. The van der Waals surface area contributed by atoms with Crippen molar-refractivity contribution in [2.75, 3.05) is 11.9 Å². The van der Waals surface area contributed by atoms with Crippen molar-refractivity contribution in [3.05, 3.63) is 60.2 Å². The van der Waals surface area contributed by atoms with Gasteiger partial charge < -0.3 is 15.2 Å². The Hall–Kier alpha value is -2.82. The summed E-state index contributed by atoms with van der Waals surface area (Å²) in [6.07, 6.45) is 1.53. The maximum atomic E-state index is 12.2. The van der Waals surface area contributed by atoms with E-state index in [9.17, 15) is 9.59 Å². The third-order valence-corrected chi connectivity index (χ3v) is 4.08. The molecule has 1 saturated carbocycles. The number of anilines is 1. The predicted molar refractivity (Wildman–Crippen MR) is 90.1 cm³/mol. The van der Waals surface area contributed by atoms with Gasteiger partial charge in [0.2, 0.25) is 5.91 Å². The monoisotopic (exact) mass is 325 g/mol. The number of nitrogens with one attached hydrogen (secondary N) is 1. The summed E-state index contributed by atoms with van der Waals surface area (Å²) in [5.41, 5.74) is 1.90. The van der Waals surface area contributed by atoms with Gasteiger partial charge in [-0.15, -0.1) is 0 Å². The zero-order valence-corrected chi connectivity index (χ0v) is 13.1. The van der Waals surface area contributed by atoms with Crippen molar-refractivity contribution in [2.45, 2.75) is 18.8 Å². The fourth-order valence-corrected chi connectivity index (χ4v) is 2.84. The molecule has 2 atom stereocenters. The SMILES string of the molecule is O=C(O)COc1cccc(NC(=O)C[C@@H]2C[C@H]2c2ccccc2)c1. The molecule has 1 fully saturated rings. The molecule has 2 N–H and O–H groups in total. The van der Waals surface area contributed by atoms with Crippen LogP contribution >= 0.6 is 0 Å². The second-order valence-corrected chi connectivity index (χ2v) is 5.98. The van der Waals surface area contributed by atoms with Gasteiger partial charge in [0.25, 0.3) is 0 Å². The lowest BCUT2D eigenvalue weighted by atomic mass is 10.1. The highest BCUT2D eigenvalue weighted by molar-refractivity contribution is 5.91. The van der Waals surface area contributed by atoms with Crippen LogP contribution in [0.1, 0.15) is 24.3 Å². The standard InChI is InChI=1S/C19H19NO4/c21-18(10-14-9-17(14)13-5-2-1-3-6-13)20-15-7-4-8-16(11-15)24-12-19(22)23/h1-8,11,14,17H,9-10,12H2,(H,20,21)(H,22,23)/t14-,17-/m0/s1. The zero-order valence-electron chi connectivity index (χ0n) is 13.1. The fourth-order valence-electron chi connectivity index (χ4n) is 2.84. The van der Waals surface area contributed by atoms with Crippen LogP contribution in [0.15, 0.2) is 54.6 Å². The van der Waals surface area contributed by atoms with E-state index < -0.39 is 12.6 Å². The quantitative estimate of drug-likeness (QED) is 0.819. The molecule has 124 valence electrons. The third-order valence-electron chi connectivity index (χ3n) is 4.08. The molecule has 0 aromatic heterocycles. The van der Waals surface area contributed by atoms with Crippen LogP contribution in [0.25, 0.3) is 0 Å². The molecule has 5 heteroatoms. The van der Waals surface area contributed by atoms with E-state index in [4.69, 9.17) is 9.84 Å². The minimum atomic E-state index is -1.04. The Kier molecular flexibility index (Phi) is 4.79. The van der Waals surface area contributed by atoms with E-state index in [0.717, 1.165) is 6.42 Å². The second-order valence-electron chi connectivity index (χ2n) is 5.98. The Labute approximate surface area is 140 Å². The van der Waals surface area contributed by atoms with Crippen molar-refractivity contribution in [2.24, 2.45) is 5.92 Å². The number of hydrogen-bond donors (Lipinski definition) is 2. The van der Waals surface area contributed by atoms with Gasteiger partial charge in [-0.05, 0) is 36.0 Å². The van der Waals surface area contributed by atoms with Crippen molar-refractivity contribution < 1.29 is 19.4 Å². The van der Waals surface area contributed by atoms with E-state index in [1.165, 1.54) is 5.56 Å². The van der Waals surface area contributed by atoms with Gasteiger partial charge in [-0.25, -0.2) is 4.79 Å². The van der Waals surface area contributed by atoms with E-state index in [2.05, 4.69) is 17.4 Å². The number of ether oxygens (including phenoxy) is 1. The predicted octanol–water partition coefficient (Wildman–Crippen LogP) is 3.28. The van der Waals surface area contributed by atoms with E-state index in [0.29, 0.717) is 29.7 Å². The molecule has 0 aliphatic heterocycles. The van der Waals surface area contributed by atoms with E-state index in [-0.39, 0.29) is 5.91 Å². The van der Waals surface area contributed by atoms with Gasteiger partial charge in [-0.2, -0.15) is 0 Å². The molecule has 0 unspecified atom stereocenters. The minimum Gasteiger partial charge on any atom is -0.482 e. The van der Waals surface area contributed by atoms with Crippen molar-refractivity contribution in [1.82, 2.24) is 0 Å². The highest BCUT2D eigenvalue weighted by atomic mass is 16.5. The number of carbonyl (C=O) groups is 2. The van der Waals surface area contributed by atoms with Crippen LogP contribution in [-0.2, 0) is 9.59 Å². The van der Waals surface area contributed by atoms with E-state index in [1.54, 1.807) is 24.3 Å². The molecule has 0 heterocycles. The minimum absolute atomic E-state index is 0.0335. The average Bonchev–Trinajstić information content (AvgIpc) is 3.33. The number of benzene rings is 2. The third kappa shape index (κ3) is 4.35. The van der Waals surface area contributed by atoms with E-state index in [1.807, 2.05) is 18.2 Å². The van der Waals surface area contributed by atoms with Crippen molar-refractivity contribution in [3.63, 3.8) is 0 Å². The van der Waals surface area contributed by atoms with Crippen LogP contribution < -0.4 is 10.1 Å². The lowest BCUT2D eigenvalue weighted by Crippen LogP contribution is -2.13. The Morgan fingerprint density at radius 3 is 2.67 bits per heavy atom. The molecular formula is C19H19NO4. The first-order valence-electron chi connectivity index (χ1n) is 7.91. The van der Waals surface area contributed by atoms with Crippen LogP contribution in [0.2, 0.25) is 0 Å². The summed E-state index contributed by atoms with van der Waals surface area (Å²) in [7, 11) is 0. The molecule has 2 aromatic rings. The number of carboxylic acids is 1. The van der Waals surface area contributed by atoms with Crippen LogP contribution in [0, 0.1) is 5.92 Å². The van der Waals surface area contributed by atoms with Crippen LogP contribution in [0.5, 0.6) is 5.75 Å². The molecule has 2 aromatic carbocycles. The largest absolute Gasteiger partial charge is 0.482 e. The van der Waals surface area contributed by atoms with Gasteiger partial charge in [0.1, 0.15) is 5.75 Å². The molecule has 1 aliphatic rings. The molecule has 0 radical (unpaired) electrons. The molecule has 3 rings (SSSR count). The number of amides is 1. The summed E-state index contributed by atoms with van der Waals surface area (Å²) in [5, 5.41) is 11.5. The molecular weight excluding hydrogens is 306 g/mol. The number of carboxylic acid groups (broad SMARTS) is 1. The van der Waals surface area contributed by atoms with Crippen LogP contribution in [0.3, 0.4) is 0 Å². The van der Waals surface area contributed by atoms with Crippen LogP contribution in [-0.4, -0.2) is 23.6 Å². The Morgan fingerprint density at radius 1 is 1.12 bits per heavy atom. The maximum absolute atomic E-state index is 12.2. The Morgan fingerprint density at radius 2 is 1.92 bits per heavy atom. The number of carbonyl (C=O) groups excluding carboxylic acids is 1. The summed E-state index contributed by atoms with van der Waals surface area (Å²) in [6, 6.07) is 17.0. The topological polar surface area (TPSA) is 75.6 Å². The van der Waals surface area contributed by atoms with Crippen molar-refractivity contribution in [1.29, 1.82) is 0 Å². The van der Waals surface area contributed by atoms with E-state index >= 15 is 0 Å². The lowest BCUT2D eigenvalue weighted by Gasteiger charge is -2.08. The zero-order chi connectivity index (χ0) is 16.9. The highest BCUT2D eigenvalue weighted by Gasteiger charge is 2.39. The summed E-state index contributed by atoms with van der Waals surface area (Å²) in [6.45, 7) is -0.405. The van der Waals surface area contributed by atoms with Gasteiger partial charge in [-0.3, -0.25) is 4.79 Å². The normalized spacial score (nSPS) is 18.7. The maximum Gasteiger partial charge on any atom is 0.341 e. The van der Waals surface area contributed by atoms with Crippen molar-refractivity contribution >= 4 is 17.6 Å². The lowest BCUT2D eigenvalue weighted by molar-refractivity contribution is -0.139. The second kappa shape index (κ2) is 7.17. The Balaban J connectivity index is 1.51. The van der Waals surface area contributed by atoms with Gasteiger partial charge in [-0.1, -0.05) is 36.4 Å². The van der Waals surface area contributed by atoms with Gasteiger partial charge in [0, 0.05) is 18.2 Å². The summed E-state index contributed by atoms with van der Waals surface area (Å²) in [5.74, 6) is 0.212. The van der Waals surface area contributed by atoms with Crippen molar-refractivity contribution in [3.8, 4) is 5.75 Å². The fraction of sp³-hybridized carbons (Fsp3) is 0.263. The first kappa shape index (κ1) is 16.1. The van der Waals surface area contributed by atoms with Gasteiger partial charge >= 0.3 is 5.97 Å². The Bertz CT molecular complexity index is 729. The first-order valence-corrected chi connectivity index (χ1v) is 7.91. The molecule has 5 nitrogen and oxygen atoms in total. The first-order chi connectivity index (χ1) is 11.6. The molecule has 24 heavy (non-hydrogen) atoms. The molecule has 0 bridgehead atoms. The molecule has 0 saturated heterocycles. The molecule has 0 spiro atoms. The summed E-state index contributed by atoms with van der Waals surface area (Å²) in [4.78, 5) is 22.7. The number of aliphatic carboxylic acids is 1.